The summed E-state index contributed by atoms with van der Waals surface area (Å²) in [4.78, 5) is 12.1. The number of benzene rings is 2. The predicted molar refractivity (Wildman–Crippen MR) is 102 cm³/mol. The molecule has 0 fully saturated rings. The first-order valence-corrected chi connectivity index (χ1v) is 9.24. The summed E-state index contributed by atoms with van der Waals surface area (Å²) >= 11 is 1.64. The summed E-state index contributed by atoms with van der Waals surface area (Å²) in [5, 5.41) is 2.86. The minimum Gasteiger partial charge on any atom is -0.491 e. The molecule has 0 saturated carbocycles. The van der Waals surface area contributed by atoms with Gasteiger partial charge in [-0.15, -0.1) is 11.8 Å². The second-order valence-electron chi connectivity index (χ2n) is 5.85. The average Bonchev–Trinajstić information content (AvgIpc) is 2.58. The molecule has 1 amide bonds. The topological polar surface area (TPSA) is 38.3 Å². The molecule has 0 spiro atoms. The predicted octanol–water partition coefficient (Wildman–Crippen LogP) is 4.12. The molecule has 2 aromatic rings. The summed E-state index contributed by atoms with van der Waals surface area (Å²) in [5.74, 6) is 1.77. The van der Waals surface area contributed by atoms with Crippen LogP contribution in [-0.4, -0.2) is 24.3 Å². The van der Waals surface area contributed by atoms with Crippen molar-refractivity contribution in [2.45, 2.75) is 31.8 Å². The van der Waals surface area contributed by atoms with E-state index < -0.39 is 0 Å². The second kappa shape index (κ2) is 9.38. The van der Waals surface area contributed by atoms with Gasteiger partial charge in [-0.3, -0.25) is 4.79 Å². The van der Waals surface area contributed by atoms with Crippen molar-refractivity contribution in [1.82, 2.24) is 5.32 Å². The maximum absolute atomic E-state index is 12.1. The standard InChI is InChI=1S/C20H25NO2S/c1-15-9-10-19(16(2)13-15)23-12-11-21-20(22)17(3)24-14-18-7-5-4-6-8-18/h4-10,13,17H,11-12,14H2,1-3H3,(H,21,22)/t17-/m0/s1. The number of rotatable bonds is 8. The van der Waals surface area contributed by atoms with Gasteiger partial charge >= 0.3 is 0 Å². The van der Waals surface area contributed by atoms with E-state index in [1.807, 2.05) is 44.2 Å². The van der Waals surface area contributed by atoms with Crippen molar-refractivity contribution in [2.75, 3.05) is 13.2 Å². The third kappa shape index (κ3) is 5.93. The maximum Gasteiger partial charge on any atom is 0.232 e. The van der Waals surface area contributed by atoms with Crippen molar-refractivity contribution in [3.8, 4) is 5.75 Å². The van der Waals surface area contributed by atoms with Gasteiger partial charge < -0.3 is 10.1 Å². The molecule has 2 rings (SSSR count). The lowest BCUT2D eigenvalue weighted by atomic mass is 10.1. The minimum absolute atomic E-state index is 0.0557. The molecule has 1 atom stereocenters. The van der Waals surface area contributed by atoms with Gasteiger partial charge in [0.15, 0.2) is 0 Å². The highest BCUT2D eigenvalue weighted by molar-refractivity contribution is 7.99. The molecule has 0 aliphatic carbocycles. The minimum atomic E-state index is -0.0775. The van der Waals surface area contributed by atoms with Gasteiger partial charge in [0.05, 0.1) is 11.8 Å². The number of hydrogen-bond acceptors (Lipinski definition) is 3. The zero-order valence-electron chi connectivity index (χ0n) is 14.5. The molecule has 4 heteroatoms. The van der Waals surface area contributed by atoms with E-state index in [2.05, 4.69) is 30.4 Å². The number of amides is 1. The SMILES string of the molecule is Cc1ccc(OCCNC(=O)[C@H](C)SCc2ccccc2)c(C)c1. The monoisotopic (exact) mass is 343 g/mol. The normalized spacial score (nSPS) is 11.8. The molecular weight excluding hydrogens is 318 g/mol. The Balaban J connectivity index is 1.67. The Morgan fingerprint density at radius 3 is 2.62 bits per heavy atom. The quantitative estimate of drug-likeness (QED) is 0.733. The van der Waals surface area contributed by atoms with Crippen molar-refractivity contribution in [2.24, 2.45) is 0 Å². The van der Waals surface area contributed by atoms with Crippen LogP contribution in [0.5, 0.6) is 5.75 Å². The number of hydrogen-bond donors (Lipinski definition) is 1. The third-order valence-corrected chi connectivity index (χ3v) is 4.92. The number of aryl methyl sites for hydroxylation is 2. The molecule has 0 saturated heterocycles. The van der Waals surface area contributed by atoms with E-state index in [-0.39, 0.29) is 11.2 Å². The number of ether oxygens (including phenoxy) is 1. The van der Waals surface area contributed by atoms with Gasteiger partial charge in [0.2, 0.25) is 5.91 Å². The Morgan fingerprint density at radius 2 is 1.92 bits per heavy atom. The first kappa shape index (κ1) is 18.4. The molecule has 2 aromatic carbocycles. The van der Waals surface area contributed by atoms with Crippen LogP contribution in [-0.2, 0) is 10.5 Å². The van der Waals surface area contributed by atoms with Crippen LogP contribution in [0.2, 0.25) is 0 Å². The molecule has 128 valence electrons. The lowest BCUT2D eigenvalue weighted by molar-refractivity contribution is -0.120. The zero-order chi connectivity index (χ0) is 17.4. The molecule has 0 aliphatic rings. The highest BCUT2D eigenvalue weighted by atomic mass is 32.2. The smallest absolute Gasteiger partial charge is 0.232 e. The summed E-state index contributed by atoms with van der Waals surface area (Å²) < 4.78 is 5.73. The van der Waals surface area contributed by atoms with Crippen LogP contribution < -0.4 is 10.1 Å². The molecule has 0 radical (unpaired) electrons. The molecule has 0 aromatic heterocycles. The largest absolute Gasteiger partial charge is 0.491 e. The first-order chi connectivity index (χ1) is 11.6. The van der Waals surface area contributed by atoms with Crippen molar-refractivity contribution < 1.29 is 9.53 Å². The third-order valence-electron chi connectivity index (χ3n) is 3.70. The molecular formula is C20H25NO2S. The van der Waals surface area contributed by atoms with Crippen LogP contribution in [0.3, 0.4) is 0 Å². The Hall–Kier alpha value is -1.94. The first-order valence-electron chi connectivity index (χ1n) is 8.19. The van der Waals surface area contributed by atoms with E-state index in [1.165, 1.54) is 11.1 Å². The maximum atomic E-state index is 12.1. The molecule has 1 N–H and O–H groups in total. The van der Waals surface area contributed by atoms with E-state index in [0.29, 0.717) is 13.2 Å². The highest BCUT2D eigenvalue weighted by Crippen LogP contribution is 2.19. The number of carbonyl (C=O) groups is 1. The van der Waals surface area contributed by atoms with Gasteiger partial charge in [0.25, 0.3) is 0 Å². The van der Waals surface area contributed by atoms with Crippen molar-refractivity contribution >= 4 is 17.7 Å². The molecule has 0 unspecified atom stereocenters. The molecule has 0 heterocycles. The van der Waals surface area contributed by atoms with Crippen LogP contribution in [0, 0.1) is 13.8 Å². The zero-order valence-corrected chi connectivity index (χ0v) is 15.4. The summed E-state index contributed by atoms with van der Waals surface area (Å²) in [6.07, 6.45) is 0. The molecule has 3 nitrogen and oxygen atoms in total. The number of nitrogens with one attached hydrogen (secondary N) is 1. The number of thioether (sulfide) groups is 1. The lowest BCUT2D eigenvalue weighted by Crippen LogP contribution is -2.34. The Morgan fingerprint density at radius 1 is 1.17 bits per heavy atom. The summed E-state index contributed by atoms with van der Waals surface area (Å²) in [5.41, 5.74) is 3.57. The van der Waals surface area contributed by atoms with Gasteiger partial charge in [0, 0.05) is 5.75 Å². The van der Waals surface area contributed by atoms with E-state index >= 15 is 0 Å². The molecule has 24 heavy (non-hydrogen) atoms. The fourth-order valence-electron chi connectivity index (χ4n) is 2.31. The Labute approximate surface area is 148 Å². The van der Waals surface area contributed by atoms with E-state index in [1.54, 1.807) is 11.8 Å². The van der Waals surface area contributed by atoms with Gasteiger partial charge in [-0.1, -0.05) is 48.0 Å². The van der Waals surface area contributed by atoms with Crippen molar-refractivity contribution in [3.05, 3.63) is 65.2 Å². The molecule has 0 bridgehead atoms. The van der Waals surface area contributed by atoms with E-state index in [4.69, 9.17) is 4.74 Å². The summed E-state index contributed by atoms with van der Waals surface area (Å²) in [7, 11) is 0. The van der Waals surface area contributed by atoms with E-state index in [9.17, 15) is 4.79 Å². The Kier molecular flexibility index (Phi) is 7.19. The van der Waals surface area contributed by atoms with Crippen molar-refractivity contribution in [1.29, 1.82) is 0 Å². The second-order valence-corrected chi connectivity index (χ2v) is 7.18. The molecule has 0 aliphatic heterocycles. The fourth-order valence-corrected chi connectivity index (χ4v) is 3.18. The average molecular weight is 343 g/mol. The van der Waals surface area contributed by atoms with Crippen LogP contribution in [0.1, 0.15) is 23.6 Å². The fraction of sp³-hybridized carbons (Fsp3) is 0.350. The lowest BCUT2D eigenvalue weighted by Gasteiger charge is -2.13. The highest BCUT2D eigenvalue weighted by Gasteiger charge is 2.12. The van der Waals surface area contributed by atoms with Crippen LogP contribution in [0.25, 0.3) is 0 Å². The summed E-state index contributed by atoms with van der Waals surface area (Å²) in [6, 6.07) is 16.3. The van der Waals surface area contributed by atoms with Gasteiger partial charge in [-0.05, 0) is 38.0 Å². The van der Waals surface area contributed by atoms with Gasteiger partial charge in [-0.2, -0.15) is 0 Å². The van der Waals surface area contributed by atoms with Gasteiger partial charge in [0.1, 0.15) is 12.4 Å². The van der Waals surface area contributed by atoms with Gasteiger partial charge in [-0.25, -0.2) is 0 Å². The van der Waals surface area contributed by atoms with Crippen LogP contribution in [0.15, 0.2) is 48.5 Å². The van der Waals surface area contributed by atoms with Crippen LogP contribution in [0.4, 0.5) is 0 Å². The van der Waals surface area contributed by atoms with Crippen LogP contribution >= 0.6 is 11.8 Å². The number of carbonyl (C=O) groups excluding carboxylic acids is 1. The van der Waals surface area contributed by atoms with E-state index in [0.717, 1.165) is 17.1 Å². The Bertz CT molecular complexity index is 658. The van der Waals surface area contributed by atoms with Crippen molar-refractivity contribution in [3.63, 3.8) is 0 Å². The summed E-state index contributed by atoms with van der Waals surface area (Å²) in [6.45, 7) is 7.02.